The van der Waals surface area contributed by atoms with Gasteiger partial charge in [-0.1, -0.05) is 79.9 Å². The molecule has 0 aliphatic rings. The maximum atomic E-state index is 13.6. The minimum Gasteiger partial charge on any atom is -0.354 e. The van der Waals surface area contributed by atoms with E-state index >= 15 is 0 Å². The van der Waals surface area contributed by atoms with Crippen molar-refractivity contribution in [1.29, 1.82) is 0 Å². The van der Waals surface area contributed by atoms with E-state index in [1.54, 1.807) is 6.07 Å². The van der Waals surface area contributed by atoms with Crippen molar-refractivity contribution in [2.24, 2.45) is 0 Å². The molecule has 0 saturated carbocycles. The smallest absolute Gasteiger partial charge is 0.244 e. The molecule has 1 atom stereocenters. The topological polar surface area (TPSA) is 86.8 Å². The number of sulfonamides is 1. The molecule has 1 N–H and O–H groups in total. The second-order valence-electron chi connectivity index (χ2n) is 8.23. The Morgan fingerprint density at radius 2 is 1.71 bits per heavy atom. The van der Waals surface area contributed by atoms with E-state index in [2.05, 4.69) is 5.32 Å². The van der Waals surface area contributed by atoms with Crippen LogP contribution in [0.1, 0.15) is 38.7 Å². The van der Waals surface area contributed by atoms with Crippen LogP contribution in [0.3, 0.4) is 0 Å². The van der Waals surface area contributed by atoms with Crippen LogP contribution in [-0.4, -0.2) is 57.1 Å². The SMILES string of the molecule is CCCCNC(=O)C(CC)N(CCc1ccccc1)C(=O)CN(c1cccc(Cl)c1Cl)S(C)(=O)=O. The summed E-state index contributed by atoms with van der Waals surface area (Å²) in [4.78, 5) is 28.0. The van der Waals surface area contributed by atoms with Gasteiger partial charge in [-0.3, -0.25) is 13.9 Å². The Labute approximate surface area is 218 Å². The first-order valence-corrected chi connectivity index (χ1v) is 14.2. The van der Waals surface area contributed by atoms with Gasteiger partial charge >= 0.3 is 0 Å². The quantitative estimate of drug-likeness (QED) is 0.377. The van der Waals surface area contributed by atoms with E-state index < -0.39 is 28.5 Å². The molecule has 2 rings (SSSR count). The van der Waals surface area contributed by atoms with Crippen LogP contribution in [0.15, 0.2) is 48.5 Å². The Hall–Kier alpha value is -2.29. The first kappa shape index (κ1) is 28.9. The van der Waals surface area contributed by atoms with Crippen molar-refractivity contribution in [3.05, 3.63) is 64.1 Å². The van der Waals surface area contributed by atoms with E-state index in [1.807, 2.05) is 44.2 Å². The van der Waals surface area contributed by atoms with Crippen molar-refractivity contribution in [2.45, 2.75) is 45.6 Å². The third kappa shape index (κ3) is 8.40. The predicted octanol–water partition coefficient (Wildman–Crippen LogP) is 4.53. The lowest BCUT2D eigenvalue weighted by Crippen LogP contribution is -2.53. The first-order valence-electron chi connectivity index (χ1n) is 11.6. The van der Waals surface area contributed by atoms with Crippen LogP contribution in [-0.2, 0) is 26.0 Å². The number of benzene rings is 2. The maximum absolute atomic E-state index is 13.6. The number of anilines is 1. The van der Waals surface area contributed by atoms with Gasteiger partial charge in [-0.25, -0.2) is 8.42 Å². The molecule has 192 valence electrons. The summed E-state index contributed by atoms with van der Waals surface area (Å²) < 4.78 is 26.2. The second kappa shape index (κ2) is 13.7. The molecule has 1 unspecified atom stereocenters. The zero-order valence-electron chi connectivity index (χ0n) is 20.3. The van der Waals surface area contributed by atoms with Crippen LogP contribution in [0.5, 0.6) is 0 Å². The van der Waals surface area contributed by atoms with Gasteiger partial charge in [0.1, 0.15) is 12.6 Å². The molecule has 2 aromatic rings. The summed E-state index contributed by atoms with van der Waals surface area (Å²) in [6, 6.07) is 13.5. The molecule has 0 heterocycles. The summed E-state index contributed by atoms with van der Waals surface area (Å²) in [5.74, 6) is -0.756. The van der Waals surface area contributed by atoms with Crippen LogP contribution < -0.4 is 9.62 Å². The Kier molecular flexibility index (Phi) is 11.3. The molecular formula is C25H33Cl2N3O4S. The minimum absolute atomic E-state index is 0.0348. The fourth-order valence-electron chi connectivity index (χ4n) is 3.68. The lowest BCUT2D eigenvalue weighted by molar-refractivity contribution is -0.139. The van der Waals surface area contributed by atoms with Gasteiger partial charge < -0.3 is 10.2 Å². The predicted molar refractivity (Wildman–Crippen MR) is 143 cm³/mol. The highest BCUT2D eigenvalue weighted by atomic mass is 35.5. The van der Waals surface area contributed by atoms with Gasteiger partial charge in [0.05, 0.1) is 22.0 Å². The normalized spacial score (nSPS) is 12.1. The van der Waals surface area contributed by atoms with Gasteiger partial charge in [-0.05, 0) is 37.0 Å². The summed E-state index contributed by atoms with van der Waals surface area (Å²) in [7, 11) is -3.88. The van der Waals surface area contributed by atoms with E-state index in [1.165, 1.54) is 17.0 Å². The van der Waals surface area contributed by atoms with Crippen molar-refractivity contribution in [1.82, 2.24) is 10.2 Å². The number of carbonyl (C=O) groups excluding carboxylic acids is 2. The lowest BCUT2D eigenvalue weighted by Gasteiger charge is -2.33. The van der Waals surface area contributed by atoms with Crippen molar-refractivity contribution in [3.8, 4) is 0 Å². The fourth-order valence-corrected chi connectivity index (χ4v) is 4.98. The van der Waals surface area contributed by atoms with Crippen molar-refractivity contribution in [2.75, 3.05) is 30.2 Å². The molecule has 0 aliphatic carbocycles. The Morgan fingerprint density at radius 3 is 2.31 bits per heavy atom. The summed E-state index contributed by atoms with van der Waals surface area (Å²) >= 11 is 12.4. The minimum atomic E-state index is -3.88. The largest absolute Gasteiger partial charge is 0.354 e. The highest BCUT2D eigenvalue weighted by Gasteiger charge is 2.32. The average molecular weight is 543 g/mol. The van der Waals surface area contributed by atoms with Crippen molar-refractivity contribution in [3.63, 3.8) is 0 Å². The van der Waals surface area contributed by atoms with Crippen LogP contribution in [0.25, 0.3) is 0 Å². The van der Waals surface area contributed by atoms with E-state index in [0.29, 0.717) is 19.4 Å². The van der Waals surface area contributed by atoms with Crippen molar-refractivity contribution >= 4 is 50.7 Å². The molecule has 2 aromatic carbocycles. The summed E-state index contributed by atoms with van der Waals surface area (Å²) in [5, 5.41) is 3.11. The van der Waals surface area contributed by atoms with E-state index in [-0.39, 0.29) is 28.2 Å². The van der Waals surface area contributed by atoms with Crippen LogP contribution in [0, 0.1) is 0 Å². The van der Waals surface area contributed by atoms with Gasteiger partial charge in [-0.2, -0.15) is 0 Å². The number of hydrogen-bond acceptors (Lipinski definition) is 4. The number of unbranched alkanes of at least 4 members (excludes halogenated alkanes) is 1. The van der Waals surface area contributed by atoms with Gasteiger partial charge in [0.15, 0.2) is 0 Å². The zero-order chi connectivity index (χ0) is 26.0. The van der Waals surface area contributed by atoms with Gasteiger partial charge in [0.25, 0.3) is 0 Å². The highest BCUT2D eigenvalue weighted by Crippen LogP contribution is 2.33. The van der Waals surface area contributed by atoms with E-state index in [9.17, 15) is 18.0 Å². The summed E-state index contributed by atoms with van der Waals surface area (Å²) in [5.41, 5.74) is 1.11. The summed E-state index contributed by atoms with van der Waals surface area (Å²) in [6.07, 6.45) is 3.66. The average Bonchev–Trinajstić information content (AvgIpc) is 2.82. The molecule has 0 bridgehead atoms. The van der Waals surface area contributed by atoms with E-state index in [0.717, 1.165) is 29.0 Å². The fraction of sp³-hybridized carbons (Fsp3) is 0.440. The molecule has 0 saturated heterocycles. The molecule has 0 spiro atoms. The highest BCUT2D eigenvalue weighted by molar-refractivity contribution is 7.92. The number of rotatable bonds is 13. The van der Waals surface area contributed by atoms with Crippen molar-refractivity contribution < 1.29 is 18.0 Å². The van der Waals surface area contributed by atoms with Gasteiger partial charge in [0.2, 0.25) is 21.8 Å². The number of hydrogen-bond donors (Lipinski definition) is 1. The maximum Gasteiger partial charge on any atom is 0.244 e. The Bertz CT molecular complexity index is 1100. The molecule has 7 nitrogen and oxygen atoms in total. The lowest BCUT2D eigenvalue weighted by atomic mass is 10.1. The molecule has 0 fully saturated rings. The van der Waals surface area contributed by atoms with Crippen LogP contribution >= 0.6 is 23.2 Å². The molecule has 2 amide bonds. The van der Waals surface area contributed by atoms with E-state index in [4.69, 9.17) is 23.2 Å². The number of halogens is 2. The Morgan fingerprint density at radius 1 is 1.03 bits per heavy atom. The first-order chi connectivity index (χ1) is 16.6. The number of carbonyl (C=O) groups is 2. The number of nitrogens with zero attached hydrogens (tertiary/aromatic N) is 2. The van der Waals surface area contributed by atoms with Crippen LogP contribution in [0.2, 0.25) is 10.0 Å². The number of nitrogens with one attached hydrogen (secondary N) is 1. The van der Waals surface area contributed by atoms with Crippen LogP contribution in [0.4, 0.5) is 5.69 Å². The standard InChI is InChI=1S/C25H33Cl2N3O4S/c1-4-6-16-28-25(32)21(5-2)29(17-15-19-11-8-7-9-12-19)23(31)18-30(35(3,33)34)22-14-10-13-20(26)24(22)27/h7-14,21H,4-6,15-18H2,1-3H3,(H,28,32). The third-order valence-electron chi connectivity index (χ3n) is 5.58. The molecule has 35 heavy (non-hydrogen) atoms. The third-order valence-corrected chi connectivity index (χ3v) is 7.51. The van der Waals surface area contributed by atoms with Gasteiger partial charge in [-0.15, -0.1) is 0 Å². The molecule has 10 heteroatoms. The molecule has 0 aliphatic heterocycles. The summed E-state index contributed by atoms with van der Waals surface area (Å²) in [6.45, 7) is 4.12. The number of amides is 2. The molecule has 0 aromatic heterocycles. The van der Waals surface area contributed by atoms with Gasteiger partial charge in [0, 0.05) is 13.1 Å². The second-order valence-corrected chi connectivity index (χ2v) is 10.9. The molecular weight excluding hydrogens is 509 g/mol. The molecule has 0 radical (unpaired) electrons. The Balaban J connectivity index is 2.37. The monoisotopic (exact) mass is 541 g/mol. The zero-order valence-corrected chi connectivity index (χ0v) is 22.7.